The van der Waals surface area contributed by atoms with Crippen LogP contribution >= 0.6 is 11.3 Å². The number of fused-ring (bicyclic) bond motifs is 6. The van der Waals surface area contributed by atoms with Gasteiger partial charge < -0.3 is 4.42 Å². The Balaban J connectivity index is 1.09. The second-order valence-electron chi connectivity index (χ2n) is 15.4. The summed E-state index contributed by atoms with van der Waals surface area (Å²) in [5, 5.41) is 4.00. The largest absolute Gasteiger partial charge is 0.438 e. The molecule has 62 heavy (non-hydrogen) atoms. The Morgan fingerprint density at radius 1 is 0.323 bits per heavy atom. The van der Waals surface area contributed by atoms with Crippen LogP contribution in [-0.2, 0) is 0 Å². The molecular formula is C56H34N4OS. The predicted molar refractivity (Wildman–Crippen MR) is 256 cm³/mol. The summed E-state index contributed by atoms with van der Waals surface area (Å²) in [7, 11) is 0. The van der Waals surface area contributed by atoms with E-state index in [1.807, 2.05) is 30.3 Å². The summed E-state index contributed by atoms with van der Waals surface area (Å²) < 4.78 is 7.69. The summed E-state index contributed by atoms with van der Waals surface area (Å²) in [6.45, 7) is 0. The first-order valence-electron chi connectivity index (χ1n) is 20.6. The van der Waals surface area contributed by atoms with Crippen LogP contribution in [0.25, 0.3) is 121 Å². The molecule has 12 aromatic rings. The van der Waals surface area contributed by atoms with Gasteiger partial charge in [-0.2, -0.15) is 4.98 Å². The van der Waals surface area contributed by atoms with Gasteiger partial charge in [0.2, 0.25) is 5.71 Å². The lowest BCUT2D eigenvalue weighted by atomic mass is 9.94. The van der Waals surface area contributed by atoms with Crippen molar-refractivity contribution < 1.29 is 4.42 Å². The number of rotatable bonds is 7. The molecule has 12 rings (SSSR count). The van der Waals surface area contributed by atoms with Crippen molar-refractivity contribution in [3.8, 4) is 78.7 Å². The highest BCUT2D eigenvalue weighted by atomic mass is 32.1. The van der Waals surface area contributed by atoms with Gasteiger partial charge in [-0.25, -0.2) is 15.0 Å². The first-order valence-corrected chi connectivity index (χ1v) is 21.4. The molecule has 4 aromatic heterocycles. The fourth-order valence-electron chi connectivity index (χ4n) is 8.51. The molecule has 0 fully saturated rings. The third-order valence-corrected chi connectivity index (χ3v) is 12.6. The number of aromatic nitrogens is 4. The van der Waals surface area contributed by atoms with Crippen LogP contribution in [0, 0.1) is 0 Å². The first kappa shape index (κ1) is 35.8. The Morgan fingerprint density at radius 2 is 0.758 bits per heavy atom. The van der Waals surface area contributed by atoms with Gasteiger partial charge in [0, 0.05) is 43.1 Å². The van der Waals surface area contributed by atoms with E-state index in [2.05, 4.69) is 176 Å². The van der Waals surface area contributed by atoms with Crippen LogP contribution in [0.3, 0.4) is 0 Å². The van der Waals surface area contributed by atoms with E-state index in [9.17, 15) is 0 Å². The molecule has 0 aliphatic heterocycles. The molecule has 0 aliphatic carbocycles. The van der Waals surface area contributed by atoms with Gasteiger partial charge in [0.05, 0.1) is 16.8 Å². The van der Waals surface area contributed by atoms with Gasteiger partial charge in [0.25, 0.3) is 0 Å². The summed E-state index contributed by atoms with van der Waals surface area (Å²) >= 11 is 1.70. The normalized spacial score (nSPS) is 11.5. The van der Waals surface area contributed by atoms with E-state index in [-0.39, 0.29) is 0 Å². The van der Waals surface area contributed by atoms with Crippen LogP contribution < -0.4 is 0 Å². The van der Waals surface area contributed by atoms with E-state index >= 15 is 0 Å². The fourth-order valence-corrected chi connectivity index (χ4v) is 9.58. The number of furan rings is 1. The Morgan fingerprint density at radius 3 is 1.35 bits per heavy atom. The SMILES string of the molecule is c1ccc(-c2ccc(-c3nc(-c4cc(-c5ccccc5)cc(-c5nc(-c6ccc(-c7ccccc7)cc6)nc6sc7ccccc7c56)c4)c4c(n3)oc3ccccc34)cc2)cc1. The molecular weight excluding hydrogens is 777 g/mol. The smallest absolute Gasteiger partial charge is 0.231 e. The molecule has 0 spiro atoms. The number of hydrogen-bond donors (Lipinski definition) is 0. The number of benzene rings is 8. The first-order chi connectivity index (χ1) is 30.7. The molecule has 0 amide bonds. The number of nitrogens with zero attached hydrogens (tertiary/aromatic N) is 4. The Bertz CT molecular complexity index is 3380. The highest BCUT2D eigenvalue weighted by Gasteiger charge is 2.22. The van der Waals surface area contributed by atoms with Crippen LogP contribution in [0.4, 0.5) is 0 Å². The zero-order valence-electron chi connectivity index (χ0n) is 33.2. The average Bonchev–Trinajstić information content (AvgIpc) is 3.93. The number of hydrogen-bond acceptors (Lipinski definition) is 6. The van der Waals surface area contributed by atoms with Crippen molar-refractivity contribution in [2.24, 2.45) is 0 Å². The van der Waals surface area contributed by atoms with E-state index in [0.29, 0.717) is 17.4 Å². The third-order valence-electron chi connectivity index (χ3n) is 11.6. The monoisotopic (exact) mass is 810 g/mol. The zero-order valence-corrected chi connectivity index (χ0v) is 34.1. The highest BCUT2D eigenvalue weighted by Crippen LogP contribution is 2.44. The fraction of sp³-hybridized carbons (Fsp3) is 0. The molecule has 5 nitrogen and oxygen atoms in total. The van der Waals surface area contributed by atoms with Crippen molar-refractivity contribution in [3.05, 3.63) is 206 Å². The summed E-state index contributed by atoms with van der Waals surface area (Å²) in [5.74, 6) is 1.27. The van der Waals surface area contributed by atoms with Gasteiger partial charge in [0.1, 0.15) is 10.4 Å². The predicted octanol–water partition coefficient (Wildman–Crippen LogP) is 15.2. The van der Waals surface area contributed by atoms with E-state index in [0.717, 1.165) is 93.4 Å². The van der Waals surface area contributed by atoms with Gasteiger partial charge in [-0.3, -0.25) is 0 Å². The third kappa shape index (κ3) is 6.33. The maximum absolute atomic E-state index is 6.53. The Hall–Kier alpha value is -8.06. The highest BCUT2D eigenvalue weighted by molar-refractivity contribution is 7.25. The second-order valence-corrected chi connectivity index (χ2v) is 16.4. The van der Waals surface area contributed by atoms with Gasteiger partial charge in [-0.05, 0) is 63.7 Å². The van der Waals surface area contributed by atoms with Crippen molar-refractivity contribution in [1.29, 1.82) is 0 Å². The number of para-hydroxylation sites is 1. The molecule has 0 unspecified atom stereocenters. The van der Waals surface area contributed by atoms with Crippen LogP contribution in [-0.4, -0.2) is 19.9 Å². The summed E-state index contributed by atoms with van der Waals surface area (Å²) in [4.78, 5) is 22.2. The van der Waals surface area contributed by atoms with Gasteiger partial charge in [0.15, 0.2) is 11.6 Å². The molecule has 0 saturated carbocycles. The molecule has 0 atom stereocenters. The van der Waals surface area contributed by atoms with Crippen LogP contribution in [0.15, 0.2) is 211 Å². The number of thiophene rings is 1. The van der Waals surface area contributed by atoms with Crippen molar-refractivity contribution in [1.82, 2.24) is 19.9 Å². The zero-order chi connectivity index (χ0) is 41.0. The maximum Gasteiger partial charge on any atom is 0.231 e. The summed E-state index contributed by atoms with van der Waals surface area (Å²) in [6.07, 6.45) is 0. The molecule has 4 heterocycles. The molecule has 0 saturated heterocycles. The van der Waals surface area contributed by atoms with Crippen molar-refractivity contribution in [3.63, 3.8) is 0 Å². The average molecular weight is 811 g/mol. The molecule has 0 radical (unpaired) electrons. The van der Waals surface area contributed by atoms with Gasteiger partial charge in [-0.15, -0.1) is 11.3 Å². The lowest BCUT2D eigenvalue weighted by molar-refractivity contribution is 0.653. The Kier molecular flexibility index (Phi) is 8.61. The van der Waals surface area contributed by atoms with Crippen LogP contribution in [0.1, 0.15) is 0 Å². The topological polar surface area (TPSA) is 64.7 Å². The molecule has 8 aromatic carbocycles. The van der Waals surface area contributed by atoms with Crippen molar-refractivity contribution in [2.75, 3.05) is 0 Å². The van der Waals surface area contributed by atoms with E-state index in [1.165, 1.54) is 10.3 Å². The minimum absolute atomic E-state index is 0.541. The quantitative estimate of drug-likeness (QED) is 0.160. The summed E-state index contributed by atoms with van der Waals surface area (Å²) in [5.41, 5.74) is 13.5. The van der Waals surface area contributed by atoms with Crippen molar-refractivity contribution >= 4 is 53.7 Å². The minimum atomic E-state index is 0.541. The second kappa shape index (κ2) is 14.9. The van der Waals surface area contributed by atoms with Gasteiger partial charge in [-0.1, -0.05) is 176 Å². The van der Waals surface area contributed by atoms with Crippen LogP contribution in [0.5, 0.6) is 0 Å². The molecule has 290 valence electrons. The minimum Gasteiger partial charge on any atom is -0.438 e. The lowest BCUT2D eigenvalue weighted by Gasteiger charge is -2.14. The van der Waals surface area contributed by atoms with Gasteiger partial charge >= 0.3 is 0 Å². The van der Waals surface area contributed by atoms with E-state index < -0.39 is 0 Å². The van der Waals surface area contributed by atoms with E-state index in [4.69, 9.17) is 24.4 Å². The van der Waals surface area contributed by atoms with Crippen molar-refractivity contribution in [2.45, 2.75) is 0 Å². The van der Waals surface area contributed by atoms with Crippen LogP contribution in [0.2, 0.25) is 0 Å². The van der Waals surface area contributed by atoms with E-state index in [1.54, 1.807) is 11.3 Å². The standard InChI is InChI=1S/C56H34N4OS/c1-4-14-35(15-5-1)38-24-28-40(29-25-38)53-57-51(49-45-20-10-12-22-47(45)61-55(49)59-53)43-32-42(37-18-8-3-9-19-37)33-44(34-43)52-50-46-21-11-13-23-48(46)62-56(50)60-54(58-52)41-30-26-39(27-31-41)36-16-6-2-7-17-36/h1-34H. The lowest BCUT2D eigenvalue weighted by Crippen LogP contribution is -1.97. The molecule has 0 N–H and O–H groups in total. The molecule has 6 heteroatoms. The molecule has 0 aliphatic rings. The molecule has 0 bridgehead atoms. The summed E-state index contributed by atoms with van der Waals surface area (Å²) in [6, 6.07) is 71.7. The Labute approximate surface area is 361 Å². The maximum atomic E-state index is 6.53.